The monoisotopic (exact) mass is 439 g/mol. The Balaban J connectivity index is 1.60. The van der Waals surface area contributed by atoms with Crippen molar-refractivity contribution in [1.82, 2.24) is 14.1 Å². The van der Waals surface area contributed by atoms with E-state index in [0.29, 0.717) is 16.7 Å². The second kappa shape index (κ2) is 10.2. The van der Waals surface area contributed by atoms with Gasteiger partial charge in [-0.2, -0.15) is 4.57 Å². The number of aliphatic hydroxyl groups is 2. The lowest BCUT2D eigenvalue weighted by Gasteiger charge is -2.15. The number of rotatable bonds is 8. The van der Waals surface area contributed by atoms with Crippen molar-refractivity contribution in [3.8, 4) is 0 Å². The van der Waals surface area contributed by atoms with Crippen LogP contribution in [0.5, 0.6) is 0 Å². The Morgan fingerprint density at radius 1 is 1.31 bits per heavy atom. The Hall–Kier alpha value is -1.92. The minimum absolute atomic E-state index is 0.0440. The van der Waals surface area contributed by atoms with Gasteiger partial charge in [0.1, 0.15) is 17.4 Å². The summed E-state index contributed by atoms with van der Waals surface area (Å²) in [5, 5.41) is 19.9. The van der Waals surface area contributed by atoms with Crippen LogP contribution < -0.4 is 11.2 Å². The van der Waals surface area contributed by atoms with E-state index >= 15 is 0 Å². The first-order valence-electron chi connectivity index (χ1n) is 9.03. The second-order valence-electron chi connectivity index (χ2n) is 6.36. The van der Waals surface area contributed by atoms with Crippen LogP contribution in [0.4, 0.5) is 0 Å². The molecule has 9 nitrogen and oxygen atoms in total. The summed E-state index contributed by atoms with van der Waals surface area (Å²) >= 11 is 0. The van der Waals surface area contributed by atoms with E-state index in [1.165, 1.54) is 27.8 Å². The molecule has 3 unspecified atom stereocenters. The Morgan fingerprint density at radius 2 is 2.14 bits per heavy atom. The highest BCUT2D eigenvalue weighted by atomic mass is 33.1. The van der Waals surface area contributed by atoms with Crippen molar-refractivity contribution in [3.63, 3.8) is 0 Å². The number of nitrogens with zero attached hydrogens (tertiary/aromatic N) is 3. The van der Waals surface area contributed by atoms with Gasteiger partial charge in [0.05, 0.1) is 12.7 Å². The van der Waals surface area contributed by atoms with Crippen LogP contribution in [-0.2, 0) is 4.74 Å². The number of aromatic nitrogens is 3. The fraction of sp³-hybridized carbons (Fsp3) is 0.444. The first kappa shape index (κ1) is 21.8. The summed E-state index contributed by atoms with van der Waals surface area (Å²) in [4.78, 5) is 41.4. The Labute approximate surface area is 174 Å². The Bertz CT molecular complexity index is 949. The van der Waals surface area contributed by atoms with E-state index in [9.17, 15) is 24.6 Å². The molecule has 3 heterocycles. The molecule has 2 N–H and O–H groups in total. The van der Waals surface area contributed by atoms with Gasteiger partial charge in [-0.1, -0.05) is 16.9 Å². The molecule has 0 aliphatic carbocycles. The van der Waals surface area contributed by atoms with Gasteiger partial charge in [-0.3, -0.25) is 14.2 Å². The van der Waals surface area contributed by atoms with Gasteiger partial charge in [0, 0.05) is 37.1 Å². The number of hydrogen-bond donors (Lipinski definition) is 2. The number of carbonyl (C=O) groups excluding carboxylic acids is 1. The van der Waals surface area contributed by atoms with Gasteiger partial charge in [0.25, 0.3) is 5.56 Å². The van der Waals surface area contributed by atoms with Gasteiger partial charge in [0.15, 0.2) is 0 Å². The van der Waals surface area contributed by atoms with E-state index in [4.69, 9.17) is 4.74 Å². The smallest absolute Gasteiger partial charge is 0.340 e. The molecule has 3 atom stereocenters. The van der Waals surface area contributed by atoms with Crippen LogP contribution in [0, 0.1) is 0 Å². The summed E-state index contributed by atoms with van der Waals surface area (Å²) in [6.07, 6.45) is 0.981. The third kappa shape index (κ3) is 5.37. The van der Waals surface area contributed by atoms with E-state index in [0.717, 1.165) is 15.7 Å². The van der Waals surface area contributed by atoms with E-state index in [2.05, 4.69) is 4.98 Å². The van der Waals surface area contributed by atoms with Crippen LogP contribution in [0.25, 0.3) is 0 Å². The highest BCUT2D eigenvalue weighted by Crippen LogP contribution is 2.29. The number of aliphatic hydroxyl groups excluding tert-OH is 2. The van der Waals surface area contributed by atoms with Gasteiger partial charge in [-0.15, -0.1) is 0 Å². The molecule has 0 spiro atoms. The molecule has 11 heteroatoms. The van der Waals surface area contributed by atoms with E-state index < -0.39 is 35.6 Å². The second-order valence-corrected chi connectivity index (χ2v) is 8.80. The average molecular weight is 440 g/mol. The summed E-state index contributed by atoms with van der Waals surface area (Å²) in [7, 11) is 3.03. The highest BCUT2D eigenvalue weighted by molar-refractivity contribution is 8.76. The lowest BCUT2D eigenvalue weighted by Crippen LogP contribution is -2.44. The van der Waals surface area contributed by atoms with Gasteiger partial charge < -0.3 is 14.9 Å². The molecular weight excluding hydrogens is 418 g/mol. The van der Waals surface area contributed by atoms with E-state index in [1.807, 2.05) is 18.2 Å². The van der Waals surface area contributed by atoms with Crippen molar-refractivity contribution in [2.75, 3.05) is 12.4 Å². The maximum Gasteiger partial charge on any atom is 0.340 e. The lowest BCUT2D eigenvalue weighted by molar-refractivity contribution is -0.0462. The number of ether oxygens (including phenoxy) is 1. The molecular formula is C18H21N3O6S2. The van der Waals surface area contributed by atoms with Crippen molar-refractivity contribution in [2.45, 2.75) is 42.7 Å². The topological polar surface area (TPSA) is 124 Å². The molecule has 0 aromatic carbocycles. The largest absolute Gasteiger partial charge is 0.394 e. The minimum atomic E-state index is -0.929. The maximum absolute atomic E-state index is 12.7. The zero-order chi connectivity index (χ0) is 20.8. The standard InChI is InChI=1S/C18H21N3O6S2/c22-11-13-12(23)10-17(27-13)20-8-6-16(25)21(18(20)26)15(24)5-3-9-28-29-14-4-1-2-7-19-14/h1-2,4,6-8,12-13,17,22-23H,3,5,9-11H2. The summed E-state index contributed by atoms with van der Waals surface area (Å²) in [5.41, 5.74) is -1.52. The Morgan fingerprint density at radius 3 is 2.83 bits per heavy atom. The molecule has 1 fully saturated rings. The molecule has 1 aliphatic heterocycles. The van der Waals surface area contributed by atoms with Crippen molar-refractivity contribution in [1.29, 1.82) is 0 Å². The fourth-order valence-electron chi connectivity index (χ4n) is 2.88. The van der Waals surface area contributed by atoms with Crippen molar-refractivity contribution >= 4 is 27.5 Å². The van der Waals surface area contributed by atoms with Crippen LogP contribution >= 0.6 is 21.6 Å². The Kier molecular flexibility index (Phi) is 7.67. The van der Waals surface area contributed by atoms with Crippen LogP contribution in [0.1, 0.15) is 30.3 Å². The maximum atomic E-state index is 12.7. The van der Waals surface area contributed by atoms with Crippen molar-refractivity contribution in [2.24, 2.45) is 0 Å². The molecule has 1 aliphatic rings. The average Bonchev–Trinajstić information content (AvgIpc) is 3.09. The van der Waals surface area contributed by atoms with Crippen molar-refractivity contribution < 1.29 is 19.7 Å². The van der Waals surface area contributed by atoms with Crippen LogP contribution in [0.3, 0.4) is 0 Å². The molecule has 3 rings (SSSR count). The molecule has 29 heavy (non-hydrogen) atoms. The van der Waals surface area contributed by atoms with Crippen molar-refractivity contribution in [3.05, 3.63) is 57.5 Å². The molecule has 0 bridgehead atoms. The normalized spacial score (nSPS) is 21.4. The van der Waals surface area contributed by atoms with Gasteiger partial charge in [0.2, 0.25) is 5.91 Å². The van der Waals surface area contributed by atoms with E-state index in [1.54, 1.807) is 6.20 Å². The van der Waals surface area contributed by atoms with Crippen LogP contribution in [0.2, 0.25) is 0 Å². The zero-order valence-corrected chi connectivity index (χ0v) is 17.1. The van der Waals surface area contributed by atoms with Crippen LogP contribution in [0.15, 0.2) is 51.3 Å². The third-order valence-electron chi connectivity index (χ3n) is 4.35. The molecule has 2 aromatic rings. The molecule has 2 aromatic heterocycles. The summed E-state index contributed by atoms with van der Waals surface area (Å²) in [5.74, 6) is 0.0637. The lowest BCUT2D eigenvalue weighted by atomic mass is 10.2. The summed E-state index contributed by atoms with van der Waals surface area (Å²) in [6, 6.07) is 6.73. The fourth-order valence-corrected chi connectivity index (χ4v) is 4.85. The number of hydrogen-bond acceptors (Lipinski definition) is 9. The predicted octanol–water partition coefficient (Wildman–Crippen LogP) is 0.907. The predicted molar refractivity (Wildman–Crippen MR) is 109 cm³/mol. The first-order valence-corrected chi connectivity index (χ1v) is 11.4. The van der Waals surface area contributed by atoms with Gasteiger partial charge in [-0.25, -0.2) is 9.78 Å². The molecule has 0 saturated carbocycles. The van der Waals surface area contributed by atoms with Gasteiger partial charge in [-0.05, 0) is 29.3 Å². The molecule has 1 saturated heterocycles. The summed E-state index contributed by atoms with van der Waals surface area (Å²) in [6.45, 7) is -0.390. The third-order valence-corrected chi connectivity index (χ3v) is 6.71. The summed E-state index contributed by atoms with van der Waals surface area (Å²) < 4.78 is 7.14. The minimum Gasteiger partial charge on any atom is -0.394 e. The van der Waals surface area contributed by atoms with Crippen LogP contribution in [-0.4, -0.2) is 54.8 Å². The van der Waals surface area contributed by atoms with E-state index in [-0.39, 0.29) is 19.4 Å². The molecule has 0 radical (unpaired) electrons. The van der Waals surface area contributed by atoms with Gasteiger partial charge >= 0.3 is 5.69 Å². The molecule has 156 valence electrons. The number of pyridine rings is 1. The zero-order valence-electron chi connectivity index (χ0n) is 15.4. The SMILES string of the molecule is O=C(CCCSSc1ccccn1)n1c(=O)ccn(C2CC(O)C(CO)O2)c1=O. The first-order chi connectivity index (χ1) is 14.0. The highest BCUT2D eigenvalue weighted by Gasteiger charge is 2.35. The quantitative estimate of drug-likeness (QED) is 0.456. The molecule has 0 amide bonds. The number of carbonyl (C=O) groups is 1.